The summed E-state index contributed by atoms with van der Waals surface area (Å²) in [5.41, 5.74) is 12.4. The summed E-state index contributed by atoms with van der Waals surface area (Å²) in [5.74, 6) is 3.34. The van der Waals surface area contributed by atoms with Crippen molar-refractivity contribution in [2.24, 2.45) is 23.7 Å². The third-order valence-corrected chi connectivity index (χ3v) is 13.0. The zero-order valence-corrected chi connectivity index (χ0v) is 27.7. The first-order chi connectivity index (χ1) is 24.2. The lowest BCUT2D eigenvalue weighted by Gasteiger charge is -2.61. The quantitative estimate of drug-likeness (QED) is 0.187. The Kier molecular flexibility index (Phi) is 5.91. The van der Waals surface area contributed by atoms with E-state index in [0.717, 1.165) is 23.7 Å². The fraction of sp³-hybridized carbons (Fsp3) is 0.208. The summed E-state index contributed by atoms with van der Waals surface area (Å²) in [6, 6.07) is 57.3. The van der Waals surface area contributed by atoms with Crippen molar-refractivity contribution in [3.05, 3.63) is 163 Å². The van der Waals surface area contributed by atoms with E-state index in [4.69, 9.17) is 0 Å². The molecule has 4 saturated carbocycles. The van der Waals surface area contributed by atoms with Crippen LogP contribution in [0.25, 0.3) is 43.8 Å². The average molecular weight is 630 g/mol. The molecule has 4 fully saturated rings. The van der Waals surface area contributed by atoms with Crippen LogP contribution in [0.3, 0.4) is 0 Å². The maximum atomic E-state index is 2.62. The molecule has 0 heterocycles. The minimum atomic E-state index is 0.134. The monoisotopic (exact) mass is 629 g/mol. The molecule has 12 rings (SSSR count). The largest absolute Gasteiger partial charge is 0.310 e. The van der Waals surface area contributed by atoms with Gasteiger partial charge in [-0.25, -0.2) is 0 Å². The van der Waals surface area contributed by atoms with Gasteiger partial charge in [0.15, 0.2) is 0 Å². The van der Waals surface area contributed by atoms with Gasteiger partial charge in [0.25, 0.3) is 0 Å². The summed E-state index contributed by atoms with van der Waals surface area (Å²) < 4.78 is 0. The van der Waals surface area contributed by atoms with Crippen LogP contribution in [-0.4, -0.2) is 0 Å². The van der Waals surface area contributed by atoms with Gasteiger partial charge in [-0.1, -0.05) is 115 Å². The number of nitrogens with zero attached hydrogens (tertiary/aromatic N) is 1. The van der Waals surface area contributed by atoms with Gasteiger partial charge in [0.2, 0.25) is 0 Å². The third kappa shape index (κ3) is 3.99. The molecule has 1 spiro atoms. The zero-order valence-electron chi connectivity index (χ0n) is 27.7. The summed E-state index contributed by atoms with van der Waals surface area (Å²) in [4.78, 5) is 2.52. The van der Waals surface area contributed by atoms with E-state index in [1.807, 2.05) is 0 Å². The van der Waals surface area contributed by atoms with Crippen LogP contribution in [0, 0.1) is 23.7 Å². The normalized spacial score (nSPS) is 24.4. The predicted octanol–water partition coefficient (Wildman–Crippen LogP) is 12.9. The summed E-state index contributed by atoms with van der Waals surface area (Å²) in [5, 5.41) is 5.10. The molecule has 7 aromatic rings. The molecule has 0 amide bonds. The highest BCUT2D eigenvalue weighted by Crippen LogP contribution is 2.69. The van der Waals surface area contributed by atoms with E-state index < -0.39 is 0 Å². The lowest BCUT2D eigenvalue weighted by atomic mass is 9.43. The Bertz CT molecular complexity index is 2400. The molecule has 0 aromatic heterocycles. The smallest absolute Gasteiger partial charge is 0.0468 e. The topological polar surface area (TPSA) is 3.24 Å². The van der Waals surface area contributed by atoms with Crippen LogP contribution in [0.5, 0.6) is 0 Å². The minimum Gasteiger partial charge on any atom is -0.310 e. The predicted molar refractivity (Wildman–Crippen MR) is 205 cm³/mol. The van der Waals surface area contributed by atoms with Crippen LogP contribution in [0.2, 0.25) is 0 Å². The van der Waals surface area contributed by atoms with Crippen LogP contribution < -0.4 is 4.90 Å². The third-order valence-electron chi connectivity index (χ3n) is 13.0. The Morgan fingerprint density at radius 2 is 1.02 bits per heavy atom. The van der Waals surface area contributed by atoms with E-state index in [2.05, 4.69) is 157 Å². The Morgan fingerprint density at radius 3 is 1.88 bits per heavy atom. The molecule has 5 aliphatic rings. The fourth-order valence-electron chi connectivity index (χ4n) is 11.3. The summed E-state index contributed by atoms with van der Waals surface area (Å²) in [6.07, 6.45) is 7.05. The zero-order chi connectivity index (χ0) is 32.1. The van der Waals surface area contributed by atoms with Crippen molar-refractivity contribution >= 4 is 38.6 Å². The molecule has 5 aliphatic carbocycles. The molecule has 0 atom stereocenters. The maximum Gasteiger partial charge on any atom is 0.0468 e. The van der Waals surface area contributed by atoms with E-state index in [1.165, 1.54) is 93.0 Å². The summed E-state index contributed by atoms with van der Waals surface area (Å²) in [7, 11) is 0. The van der Waals surface area contributed by atoms with Gasteiger partial charge in [-0.05, 0) is 147 Å². The molecular weight excluding hydrogens is 591 g/mol. The van der Waals surface area contributed by atoms with Crippen LogP contribution in [0.15, 0.2) is 152 Å². The van der Waals surface area contributed by atoms with Crippen LogP contribution >= 0.6 is 0 Å². The van der Waals surface area contributed by atoms with E-state index >= 15 is 0 Å². The van der Waals surface area contributed by atoms with Crippen molar-refractivity contribution < 1.29 is 0 Å². The first kappa shape index (κ1) is 27.8. The van der Waals surface area contributed by atoms with Crippen LogP contribution in [0.1, 0.15) is 43.2 Å². The minimum absolute atomic E-state index is 0.134. The van der Waals surface area contributed by atoms with Gasteiger partial charge in [0, 0.05) is 22.5 Å². The second-order valence-corrected chi connectivity index (χ2v) is 15.4. The van der Waals surface area contributed by atoms with Gasteiger partial charge in [0.1, 0.15) is 0 Å². The Balaban J connectivity index is 1.13. The van der Waals surface area contributed by atoms with Gasteiger partial charge in [0.05, 0.1) is 0 Å². The summed E-state index contributed by atoms with van der Waals surface area (Å²) >= 11 is 0. The van der Waals surface area contributed by atoms with Crippen LogP contribution in [0.4, 0.5) is 17.1 Å². The molecule has 1 heteroatoms. The Morgan fingerprint density at radius 1 is 0.408 bits per heavy atom. The molecule has 0 N–H and O–H groups in total. The SMILES string of the molecule is c1cc(-c2cccc3ccccc23)cc(N(c2ccc3c(c2)C2(c4ccccc4-3)C3CC4CC(C3)CC2C4)c2ccc3ccccc3c2)c1. The van der Waals surface area contributed by atoms with Gasteiger partial charge < -0.3 is 4.90 Å². The molecule has 0 radical (unpaired) electrons. The molecule has 1 nitrogen and oxygen atoms in total. The average Bonchev–Trinajstić information content (AvgIpc) is 3.44. The number of benzene rings is 7. The van der Waals surface area contributed by atoms with Crippen molar-refractivity contribution in [3.63, 3.8) is 0 Å². The molecular formula is C48H39N. The molecule has 0 unspecified atom stereocenters. The lowest BCUT2D eigenvalue weighted by molar-refractivity contribution is -0.0399. The number of rotatable bonds is 4. The molecule has 0 aliphatic heterocycles. The van der Waals surface area contributed by atoms with Gasteiger partial charge >= 0.3 is 0 Å². The molecule has 49 heavy (non-hydrogen) atoms. The second kappa shape index (κ2) is 10.4. The molecule has 4 bridgehead atoms. The van der Waals surface area contributed by atoms with E-state index in [1.54, 1.807) is 11.1 Å². The van der Waals surface area contributed by atoms with E-state index in [0.29, 0.717) is 0 Å². The van der Waals surface area contributed by atoms with Gasteiger partial charge in [-0.3, -0.25) is 0 Å². The van der Waals surface area contributed by atoms with Gasteiger partial charge in [-0.2, -0.15) is 0 Å². The van der Waals surface area contributed by atoms with Gasteiger partial charge in [-0.15, -0.1) is 0 Å². The van der Waals surface area contributed by atoms with Crippen molar-refractivity contribution in [3.8, 4) is 22.3 Å². The van der Waals surface area contributed by atoms with Crippen LogP contribution in [-0.2, 0) is 5.41 Å². The molecule has 0 saturated heterocycles. The lowest BCUT2D eigenvalue weighted by Crippen LogP contribution is -2.55. The van der Waals surface area contributed by atoms with Crippen molar-refractivity contribution in [2.75, 3.05) is 4.90 Å². The number of anilines is 3. The Hall–Kier alpha value is -5.14. The second-order valence-electron chi connectivity index (χ2n) is 15.4. The fourth-order valence-corrected chi connectivity index (χ4v) is 11.3. The standard InChI is InChI=1S/C48H39N/c1-2-11-35-28-40(20-19-33(35)9-1)49(39-14-7-13-36(29-39)43-17-8-12-34-10-3-4-15-42(34)43)41-21-22-45-44-16-5-6-18-46(44)48(47(45)30-41)37-24-31-23-32(26-37)27-38(48)25-31/h1-22,28-32,37-38H,23-27H2. The van der Waals surface area contributed by atoms with E-state index in [9.17, 15) is 0 Å². The molecule has 7 aromatic carbocycles. The van der Waals surface area contributed by atoms with E-state index in [-0.39, 0.29) is 5.41 Å². The first-order valence-corrected chi connectivity index (χ1v) is 18.4. The maximum absolute atomic E-state index is 2.62. The molecule has 236 valence electrons. The highest BCUT2D eigenvalue weighted by molar-refractivity contribution is 5.98. The number of hydrogen-bond acceptors (Lipinski definition) is 1. The highest BCUT2D eigenvalue weighted by Gasteiger charge is 2.61. The van der Waals surface area contributed by atoms with Crippen molar-refractivity contribution in [1.82, 2.24) is 0 Å². The Labute approximate surface area is 288 Å². The van der Waals surface area contributed by atoms with Crippen molar-refractivity contribution in [2.45, 2.75) is 37.5 Å². The number of hydrogen-bond donors (Lipinski definition) is 0. The van der Waals surface area contributed by atoms with Crippen molar-refractivity contribution in [1.29, 1.82) is 0 Å². The number of fused-ring (bicyclic) bond motifs is 5. The first-order valence-electron chi connectivity index (χ1n) is 18.4. The highest BCUT2D eigenvalue weighted by atomic mass is 15.1. The summed E-state index contributed by atoms with van der Waals surface area (Å²) in [6.45, 7) is 0.